The number of fused-ring (bicyclic) bond motifs is 1. The number of aromatic nitrogens is 2. The third-order valence-corrected chi connectivity index (χ3v) is 3.57. The van der Waals surface area contributed by atoms with E-state index in [0.717, 1.165) is 12.2 Å². The van der Waals surface area contributed by atoms with E-state index in [1.165, 1.54) is 24.1 Å². The van der Waals surface area contributed by atoms with E-state index in [1.54, 1.807) is 0 Å². The van der Waals surface area contributed by atoms with Crippen molar-refractivity contribution in [3.8, 4) is 0 Å². The Bertz CT molecular complexity index is 418. The van der Waals surface area contributed by atoms with Crippen molar-refractivity contribution in [3.05, 3.63) is 23.3 Å². The molecule has 1 aliphatic carbocycles. The smallest absolute Gasteiger partial charge is 0.159 e. The molecule has 18 heavy (non-hydrogen) atoms. The van der Waals surface area contributed by atoms with Crippen LogP contribution in [0.25, 0.3) is 0 Å². The minimum atomic E-state index is -0.406. The van der Waals surface area contributed by atoms with Crippen LogP contribution in [0, 0.1) is 0 Å². The van der Waals surface area contributed by atoms with E-state index in [2.05, 4.69) is 10.3 Å². The largest absolute Gasteiger partial charge is 0.368 e. The molecule has 0 amide bonds. The summed E-state index contributed by atoms with van der Waals surface area (Å²) in [7, 11) is 2.00. The first kappa shape index (κ1) is 13.4. The maximum atomic E-state index is 5.72. The first-order valence-electron chi connectivity index (χ1n) is 6.76. The zero-order valence-corrected chi connectivity index (χ0v) is 11.8. The molecule has 1 atom stereocenters. The summed E-state index contributed by atoms with van der Waals surface area (Å²) in [6.07, 6.45) is 5.37. The first-order valence-corrected chi connectivity index (χ1v) is 6.76. The highest BCUT2D eigenvalue weighted by molar-refractivity contribution is 5.25. The van der Waals surface area contributed by atoms with Crippen molar-refractivity contribution in [1.29, 1.82) is 0 Å². The van der Waals surface area contributed by atoms with Gasteiger partial charge in [0.1, 0.15) is 5.60 Å². The van der Waals surface area contributed by atoms with Crippen LogP contribution in [-0.4, -0.2) is 23.6 Å². The molecule has 1 heterocycles. The molecule has 0 fully saturated rings. The molecule has 2 rings (SSSR count). The Labute approximate surface area is 109 Å². The topological polar surface area (TPSA) is 47.0 Å². The number of nitrogens with one attached hydrogen (secondary N) is 1. The van der Waals surface area contributed by atoms with E-state index in [0.29, 0.717) is 12.6 Å². The average molecular weight is 249 g/mol. The summed E-state index contributed by atoms with van der Waals surface area (Å²) in [6, 6.07) is 0.401. The number of hydrogen-bond donors (Lipinski definition) is 1. The fourth-order valence-electron chi connectivity index (χ4n) is 2.56. The van der Waals surface area contributed by atoms with Gasteiger partial charge in [-0.3, -0.25) is 0 Å². The highest BCUT2D eigenvalue weighted by atomic mass is 16.5. The van der Waals surface area contributed by atoms with Crippen molar-refractivity contribution in [2.24, 2.45) is 0 Å². The molecule has 1 unspecified atom stereocenters. The van der Waals surface area contributed by atoms with Gasteiger partial charge in [0.05, 0.1) is 0 Å². The molecule has 4 heteroatoms. The summed E-state index contributed by atoms with van der Waals surface area (Å²) >= 11 is 0. The molecule has 1 aliphatic rings. The summed E-state index contributed by atoms with van der Waals surface area (Å²) in [5.74, 6) is 0.792. The van der Waals surface area contributed by atoms with Crippen molar-refractivity contribution in [1.82, 2.24) is 15.3 Å². The van der Waals surface area contributed by atoms with Crippen molar-refractivity contribution in [2.75, 3.05) is 13.7 Å². The first-order chi connectivity index (χ1) is 8.58. The minimum absolute atomic E-state index is 0.401. The molecule has 0 radical (unpaired) electrons. The predicted octanol–water partition coefficient (Wildman–Crippen LogP) is 2.35. The van der Waals surface area contributed by atoms with E-state index in [9.17, 15) is 0 Å². The van der Waals surface area contributed by atoms with Crippen LogP contribution in [0.1, 0.15) is 56.7 Å². The van der Waals surface area contributed by atoms with Crippen LogP contribution in [-0.2, 0) is 16.8 Å². The fourth-order valence-corrected chi connectivity index (χ4v) is 2.56. The molecule has 0 bridgehead atoms. The lowest BCUT2D eigenvalue weighted by molar-refractivity contribution is -0.0210. The number of rotatable bonds is 4. The molecular formula is C14H23N3O. The van der Waals surface area contributed by atoms with Gasteiger partial charge >= 0.3 is 0 Å². The van der Waals surface area contributed by atoms with E-state index in [4.69, 9.17) is 9.72 Å². The highest BCUT2D eigenvalue weighted by Gasteiger charge is 2.27. The van der Waals surface area contributed by atoms with Crippen molar-refractivity contribution >= 4 is 0 Å². The SMILES string of the molecule is CCOC(C)(C)c1ncc2c(n1)CCCC2NC. The lowest BCUT2D eigenvalue weighted by Crippen LogP contribution is -2.28. The second-order valence-corrected chi connectivity index (χ2v) is 5.27. The van der Waals surface area contributed by atoms with E-state index in [-0.39, 0.29) is 0 Å². The maximum Gasteiger partial charge on any atom is 0.159 e. The highest BCUT2D eigenvalue weighted by Crippen LogP contribution is 2.30. The Morgan fingerprint density at radius 1 is 1.50 bits per heavy atom. The number of ether oxygens (including phenoxy) is 1. The van der Waals surface area contributed by atoms with Gasteiger partial charge in [-0.05, 0) is 47.1 Å². The zero-order chi connectivity index (χ0) is 13.2. The molecular weight excluding hydrogens is 226 g/mol. The standard InChI is InChI=1S/C14H23N3O/c1-5-18-14(2,3)13-16-9-10-11(15-4)7-6-8-12(10)17-13/h9,11,15H,5-8H2,1-4H3. The third-order valence-electron chi connectivity index (χ3n) is 3.57. The van der Waals surface area contributed by atoms with E-state index < -0.39 is 5.60 Å². The molecule has 1 aromatic rings. The summed E-state index contributed by atoms with van der Waals surface area (Å²) in [6.45, 7) is 6.72. The van der Waals surface area contributed by atoms with E-state index >= 15 is 0 Å². The summed E-state index contributed by atoms with van der Waals surface area (Å²) in [4.78, 5) is 9.23. The fraction of sp³-hybridized carbons (Fsp3) is 0.714. The lowest BCUT2D eigenvalue weighted by Gasteiger charge is -2.27. The van der Waals surface area contributed by atoms with Gasteiger partial charge in [0, 0.05) is 30.1 Å². The second kappa shape index (κ2) is 5.33. The Balaban J connectivity index is 2.32. The van der Waals surface area contributed by atoms with Crippen LogP contribution < -0.4 is 5.32 Å². The van der Waals surface area contributed by atoms with Gasteiger partial charge in [-0.1, -0.05) is 0 Å². The molecule has 0 saturated heterocycles. The minimum Gasteiger partial charge on any atom is -0.368 e. The number of hydrogen-bond acceptors (Lipinski definition) is 4. The van der Waals surface area contributed by atoms with Crippen LogP contribution >= 0.6 is 0 Å². The Hall–Kier alpha value is -1.00. The molecule has 1 aromatic heterocycles. The normalized spacial score (nSPS) is 19.7. The van der Waals surface area contributed by atoms with Gasteiger partial charge in [0.15, 0.2) is 5.82 Å². The molecule has 1 N–H and O–H groups in total. The van der Waals surface area contributed by atoms with Crippen LogP contribution in [0.4, 0.5) is 0 Å². The van der Waals surface area contributed by atoms with Gasteiger partial charge in [0.25, 0.3) is 0 Å². The van der Waals surface area contributed by atoms with Crippen LogP contribution in [0.5, 0.6) is 0 Å². The molecule has 0 aromatic carbocycles. The van der Waals surface area contributed by atoms with Gasteiger partial charge in [-0.25, -0.2) is 9.97 Å². The molecule has 4 nitrogen and oxygen atoms in total. The van der Waals surface area contributed by atoms with Gasteiger partial charge in [-0.15, -0.1) is 0 Å². The van der Waals surface area contributed by atoms with Crippen LogP contribution in [0.2, 0.25) is 0 Å². The van der Waals surface area contributed by atoms with Crippen molar-refractivity contribution < 1.29 is 4.74 Å². The second-order valence-electron chi connectivity index (χ2n) is 5.27. The Morgan fingerprint density at radius 2 is 2.28 bits per heavy atom. The molecule has 0 aliphatic heterocycles. The van der Waals surface area contributed by atoms with Crippen molar-refractivity contribution in [3.63, 3.8) is 0 Å². The summed E-state index contributed by atoms with van der Waals surface area (Å²) < 4.78 is 5.72. The monoisotopic (exact) mass is 249 g/mol. The Kier molecular flexibility index (Phi) is 3.97. The van der Waals surface area contributed by atoms with Crippen LogP contribution in [0.3, 0.4) is 0 Å². The molecule has 100 valence electrons. The summed E-state index contributed by atoms with van der Waals surface area (Å²) in [5, 5.41) is 3.33. The average Bonchev–Trinajstić information content (AvgIpc) is 2.37. The summed E-state index contributed by atoms with van der Waals surface area (Å²) in [5.41, 5.74) is 2.02. The number of aryl methyl sites for hydroxylation is 1. The quantitative estimate of drug-likeness (QED) is 0.889. The molecule has 0 saturated carbocycles. The predicted molar refractivity (Wildman–Crippen MR) is 71.4 cm³/mol. The Morgan fingerprint density at radius 3 is 2.94 bits per heavy atom. The van der Waals surface area contributed by atoms with Gasteiger partial charge in [-0.2, -0.15) is 0 Å². The van der Waals surface area contributed by atoms with Gasteiger partial charge in [0.2, 0.25) is 0 Å². The van der Waals surface area contributed by atoms with Crippen LogP contribution in [0.15, 0.2) is 6.20 Å². The van der Waals surface area contributed by atoms with E-state index in [1.807, 2.05) is 34.0 Å². The zero-order valence-electron chi connectivity index (χ0n) is 11.8. The lowest BCUT2D eigenvalue weighted by atomic mass is 9.92. The molecule has 0 spiro atoms. The van der Waals surface area contributed by atoms with Gasteiger partial charge < -0.3 is 10.1 Å². The number of nitrogens with zero attached hydrogens (tertiary/aromatic N) is 2. The van der Waals surface area contributed by atoms with Crippen molar-refractivity contribution in [2.45, 2.75) is 51.7 Å². The maximum absolute atomic E-state index is 5.72. The third kappa shape index (κ3) is 2.54.